The van der Waals surface area contributed by atoms with E-state index in [-0.39, 0.29) is 12.7 Å². The van der Waals surface area contributed by atoms with Gasteiger partial charge in [-0.2, -0.15) is 0 Å². The van der Waals surface area contributed by atoms with Crippen LogP contribution in [-0.4, -0.2) is 24.8 Å². The van der Waals surface area contributed by atoms with Crippen molar-refractivity contribution in [2.75, 3.05) is 12.1 Å². The number of hydrogen-bond acceptors (Lipinski definition) is 5. The van der Waals surface area contributed by atoms with Gasteiger partial charge in [0.25, 0.3) is 5.91 Å². The molecule has 1 fully saturated rings. The van der Waals surface area contributed by atoms with Gasteiger partial charge in [0, 0.05) is 17.8 Å². The molecular weight excluding hydrogens is 310 g/mol. The summed E-state index contributed by atoms with van der Waals surface area (Å²) in [6.45, 7) is 1.73. The predicted octanol–water partition coefficient (Wildman–Crippen LogP) is 3.18. The standard InChI is InChI=1S/C18H21NO5/c1-12(24-17(20)9-13-5-3-2-4-6-13)18(21)19-14-7-8-15-16(10-14)23-11-22-15/h7-10,12H,2-6,11H2,1H3,(H,19,21). The minimum atomic E-state index is -0.872. The minimum Gasteiger partial charge on any atom is -0.454 e. The molecule has 6 nitrogen and oxygen atoms in total. The highest BCUT2D eigenvalue weighted by atomic mass is 16.7. The highest BCUT2D eigenvalue weighted by Crippen LogP contribution is 2.34. The molecule has 0 saturated heterocycles. The van der Waals surface area contributed by atoms with E-state index < -0.39 is 12.1 Å². The monoisotopic (exact) mass is 331 g/mol. The molecule has 1 aliphatic carbocycles. The van der Waals surface area contributed by atoms with Gasteiger partial charge in [0.15, 0.2) is 17.6 Å². The summed E-state index contributed by atoms with van der Waals surface area (Å²) in [7, 11) is 0. The Morgan fingerprint density at radius 2 is 1.92 bits per heavy atom. The normalized spacial score (nSPS) is 17.1. The second-order valence-corrected chi connectivity index (χ2v) is 6.00. The summed E-state index contributed by atoms with van der Waals surface area (Å²) in [5.41, 5.74) is 1.67. The summed E-state index contributed by atoms with van der Waals surface area (Å²) >= 11 is 0. The fraction of sp³-hybridized carbons (Fsp3) is 0.444. The molecule has 1 aromatic carbocycles. The lowest BCUT2D eigenvalue weighted by Crippen LogP contribution is -2.29. The van der Waals surface area contributed by atoms with Crippen LogP contribution in [0.25, 0.3) is 0 Å². The molecule has 1 heterocycles. The summed E-state index contributed by atoms with van der Waals surface area (Å²) in [6, 6.07) is 5.12. The number of ether oxygens (including phenoxy) is 3. The van der Waals surface area contributed by atoms with Crippen molar-refractivity contribution in [2.24, 2.45) is 0 Å². The molecule has 1 amide bonds. The van der Waals surface area contributed by atoms with Gasteiger partial charge in [-0.1, -0.05) is 12.0 Å². The number of carbonyl (C=O) groups is 2. The molecule has 1 saturated carbocycles. The van der Waals surface area contributed by atoms with Crippen molar-refractivity contribution < 1.29 is 23.8 Å². The lowest BCUT2D eigenvalue weighted by Gasteiger charge is -2.15. The maximum absolute atomic E-state index is 12.2. The number of hydrogen-bond donors (Lipinski definition) is 1. The average molecular weight is 331 g/mol. The molecule has 24 heavy (non-hydrogen) atoms. The number of allylic oxidation sites excluding steroid dienone is 1. The Morgan fingerprint density at radius 3 is 2.71 bits per heavy atom. The van der Waals surface area contributed by atoms with Crippen LogP contribution in [0.2, 0.25) is 0 Å². The lowest BCUT2D eigenvalue weighted by molar-refractivity contribution is -0.148. The minimum absolute atomic E-state index is 0.176. The molecule has 0 bridgehead atoms. The highest BCUT2D eigenvalue weighted by molar-refractivity contribution is 5.96. The van der Waals surface area contributed by atoms with Crippen LogP contribution < -0.4 is 14.8 Å². The molecule has 3 rings (SSSR count). The van der Waals surface area contributed by atoms with Gasteiger partial charge in [0.2, 0.25) is 6.79 Å². The lowest BCUT2D eigenvalue weighted by atomic mass is 9.95. The summed E-state index contributed by atoms with van der Waals surface area (Å²) < 4.78 is 15.7. The number of nitrogens with one attached hydrogen (secondary N) is 1. The van der Waals surface area contributed by atoms with Gasteiger partial charge < -0.3 is 19.5 Å². The average Bonchev–Trinajstić information content (AvgIpc) is 3.03. The Labute approximate surface area is 140 Å². The second-order valence-electron chi connectivity index (χ2n) is 6.00. The first kappa shape index (κ1) is 16.4. The maximum Gasteiger partial charge on any atom is 0.331 e. The number of fused-ring (bicyclic) bond motifs is 1. The first-order chi connectivity index (χ1) is 11.6. The van der Waals surface area contributed by atoms with E-state index in [0.717, 1.165) is 31.3 Å². The van der Waals surface area contributed by atoms with E-state index >= 15 is 0 Å². The van der Waals surface area contributed by atoms with Crippen molar-refractivity contribution in [1.29, 1.82) is 0 Å². The fourth-order valence-corrected chi connectivity index (χ4v) is 2.80. The van der Waals surface area contributed by atoms with Crippen LogP contribution in [0.5, 0.6) is 11.5 Å². The third-order valence-corrected chi connectivity index (χ3v) is 4.12. The third kappa shape index (κ3) is 4.07. The zero-order valence-corrected chi connectivity index (χ0v) is 13.7. The summed E-state index contributed by atoms with van der Waals surface area (Å²) in [4.78, 5) is 24.1. The topological polar surface area (TPSA) is 73.9 Å². The molecule has 1 N–H and O–H groups in total. The van der Waals surface area contributed by atoms with Crippen molar-refractivity contribution in [1.82, 2.24) is 0 Å². The van der Waals surface area contributed by atoms with Gasteiger partial charge in [0.05, 0.1) is 0 Å². The van der Waals surface area contributed by atoms with Crippen molar-refractivity contribution in [3.63, 3.8) is 0 Å². The van der Waals surface area contributed by atoms with Crippen LogP contribution in [-0.2, 0) is 14.3 Å². The second kappa shape index (κ2) is 7.38. The number of esters is 1. The number of amides is 1. The smallest absolute Gasteiger partial charge is 0.331 e. The van der Waals surface area contributed by atoms with Gasteiger partial charge in [0.1, 0.15) is 0 Å². The van der Waals surface area contributed by atoms with Crippen LogP contribution in [0.4, 0.5) is 5.69 Å². The van der Waals surface area contributed by atoms with Gasteiger partial charge in [-0.15, -0.1) is 0 Å². The Morgan fingerprint density at radius 1 is 1.17 bits per heavy atom. The van der Waals surface area contributed by atoms with E-state index in [1.54, 1.807) is 25.1 Å². The van der Waals surface area contributed by atoms with E-state index in [2.05, 4.69) is 5.32 Å². The van der Waals surface area contributed by atoms with Crippen molar-refractivity contribution in [3.8, 4) is 11.5 Å². The zero-order chi connectivity index (χ0) is 16.9. The van der Waals surface area contributed by atoms with Crippen molar-refractivity contribution in [3.05, 3.63) is 29.8 Å². The summed E-state index contributed by atoms with van der Waals surface area (Å²) in [5, 5.41) is 2.71. The molecule has 1 aliphatic heterocycles. The van der Waals surface area contributed by atoms with E-state index in [1.807, 2.05) is 0 Å². The van der Waals surface area contributed by atoms with Crippen LogP contribution in [0.1, 0.15) is 39.0 Å². The molecule has 0 radical (unpaired) electrons. The molecular formula is C18H21NO5. The number of rotatable bonds is 4. The van der Waals surface area contributed by atoms with Gasteiger partial charge in [-0.05, 0) is 44.7 Å². The van der Waals surface area contributed by atoms with Crippen LogP contribution in [0.15, 0.2) is 29.8 Å². The zero-order valence-electron chi connectivity index (χ0n) is 13.7. The molecule has 6 heteroatoms. The first-order valence-corrected chi connectivity index (χ1v) is 8.22. The van der Waals surface area contributed by atoms with Gasteiger partial charge >= 0.3 is 5.97 Å². The van der Waals surface area contributed by atoms with E-state index in [4.69, 9.17) is 14.2 Å². The van der Waals surface area contributed by atoms with Crippen LogP contribution in [0, 0.1) is 0 Å². The van der Waals surface area contributed by atoms with Crippen LogP contribution >= 0.6 is 0 Å². The van der Waals surface area contributed by atoms with E-state index in [1.165, 1.54) is 12.5 Å². The Bertz CT molecular complexity index is 659. The Balaban J connectivity index is 1.53. The van der Waals surface area contributed by atoms with Crippen molar-refractivity contribution >= 4 is 17.6 Å². The molecule has 1 atom stereocenters. The Hall–Kier alpha value is -2.50. The first-order valence-electron chi connectivity index (χ1n) is 8.22. The van der Waals surface area contributed by atoms with E-state index in [9.17, 15) is 9.59 Å². The van der Waals surface area contributed by atoms with E-state index in [0.29, 0.717) is 17.2 Å². The largest absolute Gasteiger partial charge is 0.454 e. The number of carbonyl (C=O) groups excluding carboxylic acids is 2. The molecule has 0 spiro atoms. The van der Waals surface area contributed by atoms with Crippen LogP contribution in [0.3, 0.4) is 0 Å². The number of benzene rings is 1. The SMILES string of the molecule is CC(OC(=O)C=C1CCCCC1)C(=O)Nc1ccc2c(c1)OCO2. The van der Waals surface area contributed by atoms with Crippen molar-refractivity contribution in [2.45, 2.75) is 45.1 Å². The number of anilines is 1. The molecule has 2 aliphatic rings. The molecule has 1 aromatic rings. The molecule has 0 aromatic heterocycles. The van der Waals surface area contributed by atoms with Gasteiger partial charge in [-0.3, -0.25) is 4.79 Å². The highest BCUT2D eigenvalue weighted by Gasteiger charge is 2.19. The van der Waals surface area contributed by atoms with Gasteiger partial charge in [-0.25, -0.2) is 4.79 Å². The summed E-state index contributed by atoms with van der Waals surface area (Å²) in [6.07, 6.45) is 5.96. The predicted molar refractivity (Wildman–Crippen MR) is 87.9 cm³/mol. The third-order valence-electron chi connectivity index (χ3n) is 4.12. The fourth-order valence-electron chi connectivity index (χ4n) is 2.80. The summed E-state index contributed by atoms with van der Waals surface area (Å²) in [5.74, 6) is 0.385. The molecule has 1 unspecified atom stereocenters. The maximum atomic E-state index is 12.2. The molecule has 128 valence electrons. The Kier molecular flexibility index (Phi) is 5.03. The quantitative estimate of drug-likeness (QED) is 0.677.